The van der Waals surface area contributed by atoms with Crippen molar-refractivity contribution in [2.75, 3.05) is 0 Å². The third-order valence-corrected chi connectivity index (χ3v) is 10.1. The summed E-state index contributed by atoms with van der Waals surface area (Å²) in [6.45, 7) is 0. The van der Waals surface area contributed by atoms with Crippen LogP contribution in [0.3, 0.4) is 0 Å². The van der Waals surface area contributed by atoms with E-state index in [1.807, 2.05) is 0 Å². The zero-order valence-corrected chi connectivity index (χ0v) is 29.8. The normalized spacial score (nSPS) is 11.0. The molecule has 0 saturated carbocycles. The maximum Gasteiger partial charge on any atom is 0.0715 e. The molecule has 0 fully saturated rings. The van der Waals surface area contributed by atoms with Gasteiger partial charge in [0.25, 0.3) is 0 Å². The van der Waals surface area contributed by atoms with E-state index in [0.29, 0.717) is 0 Å². The van der Waals surface area contributed by atoms with Gasteiger partial charge in [0.05, 0.1) is 11.4 Å². The molecular formula is C53H37N. The average Bonchev–Trinajstić information content (AvgIpc) is 3.27. The minimum atomic E-state index is 0.941. The van der Waals surface area contributed by atoms with Crippen molar-refractivity contribution in [3.05, 3.63) is 224 Å². The van der Waals surface area contributed by atoms with Crippen LogP contribution in [0.25, 0.3) is 89.3 Å². The third kappa shape index (κ3) is 7.04. The first-order valence-electron chi connectivity index (χ1n) is 18.4. The Kier molecular flexibility index (Phi) is 9.03. The van der Waals surface area contributed by atoms with Gasteiger partial charge in [-0.05, 0) is 109 Å². The van der Waals surface area contributed by atoms with Crippen molar-refractivity contribution in [2.45, 2.75) is 0 Å². The van der Waals surface area contributed by atoms with E-state index in [0.717, 1.165) is 33.6 Å². The second-order valence-corrected chi connectivity index (χ2v) is 13.6. The van der Waals surface area contributed by atoms with Crippen LogP contribution in [0.4, 0.5) is 0 Å². The first-order valence-corrected chi connectivity index (χ1v) is 18.4. The molecule has 0 spiro atoms. The van der Waals surface area contributed by atoms with Crippen LogP contribution in [0.15, 0.2) is 224 Å². The SMILES string of the molecule is c1ccc(-c2cccc(-c3cccc(-c4cccc(-c5cc(-c6cccc(-c7ccccc7)c6)nc(-c6cccc(-c7ccccc7)c6)c5)c4)c3)c2)cc1. The Bertz CT molecular complexity index is 2590. The summed E-state index contributed by atoms with van der Waals surface area (Å²) in [5.74, 6) is 0. The lowest BCUT2D eigenvalue weighted by atomic mass is 9.93. The molecule has 1 heterocycles. The van der Waals surface area contributed by atoms with Crippen LogP contribution in [0.1, 0.15) is 0 Å². The van der Waals surface area contributed by atoms with Crippen LogP contribution in [-0.2, 0) is 0 Å². The van der Waals surface area contributed by atoms with Gasteiger partial charge in [-0.3, -0.25) is 0 Å². The Labute approximate surface area is 317 Å². The Morgan fingerprint density at radius 1 is 0.167 bits per heavy atom. The van der Waals surface area contributed by atoms with Crippen LogP contribution in [-0.4, -0.2) is 4.98 Å². The van der Waals surface area contributed by atoms with Gasteiger partial charge in [0.1, 0.15) is 0 Å². The lowest BCUT2D eigenvalue weighted by Gasteiger charge is -2.13. The molecule has 1 nitrogen and oxygen atoms in total. The predicted octanol–water partition coefficient (Wildman–Crippen LogP) is 14.4. The van der Waals surface area contributed by atoms with Gasteiger partial charge < -0.3 is 0 Å². The van der Waals surface area contributed by atoms with Crippen LogP contribution < -0.4 is 0 Å². The zero-order chi connectivity index (χ0) is 36.1. The number of aromatic nitrogens is 1. The van der Waals surface area contributed by atoms with Crippen molar-refractivity contribution in [3.63, 3.8) is 0 Å². The molecule has 54 heavy (non-hydrogen) atoms. The molecule has 0 aliphatic carbocycles. The second-order valence-electron chi connectivity index (χ2n) is 13.6. The van der Waals surface area contributed by atoms with Gasteiger partial charge in [-0.25, -0.2) is 4.98 Å². The van der Waals surface area contributed by atoms with E-state index < -0.39 is 0 Å². The maximum atomic E-state index is 5.32. The quantitative estimate of drug-likeness (QED) is 0.155. The molecule has 0 unspecified atom stereocenters. The van der Waals surface area contributed by atoms with Gasteiger partial charge in [0.2, 0.25) is 0 Å². The third-order valence-electron chi connectivity index (χ3n) is 10.1. The second kappa shape index (κ2) is 14.9. The molecule has 0 N–H and O–H groups in total. The lowest BCUT2D eigenvalue weighted by molar-refractivity contribution is 1.32. The summed E-state index contributed by atoms with van der Waals surface area (Å²) in [6.07, 6.45) is 0. The van der Waals surface area contributed by atoms with Crippen molar-refractivity contribution in [2.24, 2.45) is 0 Å². The minimum absolute atomic E-state index is 0.941. The van der Waals surface area contributed by atoms with Crippen molar-refractivity contribution in [3.8, 4) is 89.3 Å². The van der Waals surface area contributed by atoms with E-state index >= 15 is 0 Å². The molecule has 0 bridgehead atoms. The summed E-state index contributed by atoms with van der Waals surface area (Å²) in [6, 6.07) is 80.1. The van der Waals surface area contributed by atoms with Gasteiger partial charge in [0.15, 0.2) is 0 Å². The van der Waals surface area contributed by atoms with Crippen LogP contribution in [0.5, 0.6) is 0 Å². The Hall–Kier alpha value is -7.09. The van der Waals surface area contributed by atoms with Crippen molar-refractivity contribution in [1.82, 2.24) is 4.98 Å². The topological polar surface area (TPSA) is 12.9 Å². The summed E-state index contributed by atoms with van der Waals surface area (Å²) in [7, 11) is 0. The van der Waals surface area contributed by atoms with Gasteiger partial charge in [0, 0.05) is 11.1 Å². The van der Waals surface area contributed by atoms with Gasteiger partial charge >= 0.3 is 0 Å². The molecule has 0 atom stereocenters. The molecule has 1 heteroatoms. The Morgan fingerprint density at radius 2 is 0.389 bits per heavy atom. The molecule has 0 saturated heterocycles. The molecule has 0 amide bonds. The van der Waals surface area contributed by atoms with Crippen molar-refractivity contribution in [1.29, 1.82) is 0 Å². The molecule has 8 aromatic carbocycles. The lowest BCUT2D eigenvalue weighted by Crippen LogP contribution is -1.92. The van der Waals surface area contributed by atoms with Gasteiger partial charge in [-0.2, -0.15) is 0 Å². The zero-order valence-electron chi connectivity index (χ0n) is 29.8. The average molecular weight is 688 g/mol. The number of hydrogen-bond acceptors (Lipinski definition) is 1. The van der Waals surface area contributed by atoms with E-state index in [2.05, 4.69) is 224 Å². The first kappa shape index (κ1) is 32.8. The summed E-state index contributed by atoms with van der Waals surface area (Å²) in [5.41, 5.74) is 18.2. The number of nitrogens with zero attached hydrogens (tertiary/aromatic N) is 1. The summed E-state index contributed by atoms with van der Waals surface area (Å²) < 4.78 is 0. The summed E-state index contributed by atoms with van der Waals surface area (Å²) >= 11 is 0. The Morgan fingerprint density at radius 3 is 0.704 bits per heavy atom. The van der Waals surface area contributed by atoms with Gasteiger partial charge in [-0.15, -0.1) is 0 Å². The highest BCUT2D eigenvalue weighted by Crippen LogP contribution is 2.36. The molecule has 1 aromatic heterocycles. The first-order chi connectivity index (χ1) is 26.7. The fourth-order valence-electron chi connectivity index (χ4n) is 7.24. The van der Waals surface area contributed by atoms with Crippen LogP contribution in [0.2, 0.25) is 0 Å². The monoisotopic (exact) mass is 687 g/mol. The van der Waals surface area contributed by atoms with Crippen molar-refractivity contribution < 1.29 is 0 Å². The predicted molar refractivity (Wildman–Crippen MR) is 228 cm³/mol. The number of hydrogen-bond donors (Lipinski definition) is 0. The highest BCUT2D eigenvalue weighted by Gasteiger charge is 2.13. The highest BCUT2D eigenvalue weighted by atomic mass is 14.7. The van der Waals surface area contributed by atoms with E-state index in [4.69, 9.17) is 4.98 Å². The molecule has 9 rings (SSSR count). The molecule has 254 valence electrons. The van der Waals surface area contributed by atoms with Crippen LogP contribution in [0, 0.1) is 0 Å². The number of benzene rings is 8. The molecule has 0 aliphatic rings. The van der Waals surface area contributed by atoms with Crippen molar-refractivity contribution >= 4 is 0 Å². The Balaban J connectivity index is 1.13. The molecular weight excluding hydrogens is 651 g/mol. The fourth-order valence-corrected chi connectivity index (χ4v) is 7.24. The fraction of sp³-hybridized carbons (Fsp3) is 0. The van der Waals surface area contributed by atoms with E-state index in [1.165, 1.54) is 55.6 Å². The van der Waals surface area contributed by atoms with E-state index in [-0.39, 0.29) is 0 Å². The molecule has 9 aromatic rings. The summed E-state index contributed by atoms with van der Waals surface area (Å²) in [5, 5.41) is 0. The van der Waals surface area contributed by atoms with Crippen LogP contribution >= 0.6 is 0 Å². The minimum Gasteiger partial charge on any atom is -0.248 e. The maximum absolute atomic E-state index is 5.32. The number of pyridine rings is 1. The largest absolute Gasteiger partial charge is 0.248 e. The molecule has 0 aliphatic heterocycles. The number of rotatable bonds is 8. The smallest absolute Gasteiger partial charge is 0.0715 e. The highest BCUT2D eigenvalue weighted by molar-refractivity contribution is 5.83. The molecule has 0 radical (unpaired) electrons. The standard InChI is InChI=1S/C53H37N/c1-4-15-38(16-5-1)41-21-10-24-44(31-41)45-25-11-26-46(32-45)47-27-12-28-48(33-47)51-36-52(49-29-13-22-42(34-49)39-17-6-2-7-18-39)54-53(37-51)50-30-14-23-43(35-50)40-19-8-3-9-20-40/h1-37H. The van der Waals surface area contributed by atoms with E-state index in [1.54, 1.807) is 0 Å². The summed E-state index contributed by atoms with van der Waals surface area (Å²) in [4.78, 5) is 5.32. The van der Waals surface area contributed by atoms with Gasteiger partial charge in [-0.1, -0.05) is 182 Å². The van der Waals surface area contributed by atoms with E-state index in [9.17, 15) is 0 Å².